The first-order valence-corrected chi connectivity index (χ1v) is 5.10. The second-order valence-corrected chi connectivity index (χ2v) is 4.53. The van der Waals surface area contributed by atoms with Gasteiger partial charge in [0.2, 0.25) is 0 Å². The normalized spacial score (nSPS) is 27.8. The molecule has 1 atom stereocenters. The molecule has 0 spiro atoms. The third-order valence-electron chi connectivity index (χ3n) is 3.03. The van der Waals surface area contributed by atoms with Crippen LogP contribution in [0.5, 0.6) is 0 Å². The van der Waals surface area contributed by atoms with E-state index in [0.717, 1.165) is 25.6 Å². The molecule has 1 rings (SSSR count). The van der Waals surface area contributed by atoms with E-state index in [0.29, 0.717) is 5.41 Å². The van der Waals surface area contributed by atoms with Crippen molar-refractivity contribution in [1.82, 2.24) is 5.32 Å². The molecule has 3 N–H and O–H groups in total. The molecule has 0 radical (unpaired) electrons. The maximum Gasteiger partial charge on any atom is 0.0118 e. The molecule has 0 aromatic carbocycles. The van der Waals surface area contributed by atoms with Gasteiger partial charge in [0.05, 0.1) is 0 Å². The highest BCUT2D eigenvalue weighted by Gasteiger charge is 2.33. The molecule has 0 aromatic heterocycles. The van der Waals surface area contributed by atoms with Gasteiger partial charge < -0.3 is 11.1 Å². The van der Waals surface area contributed by atoms with Crippen molar-refractivity contribution in [2.75, 3.05) is 13.1 Å². The minimum atomic E-state index is 0.509. The Kier molecular flexibility index (Phi) is 3.53. The number of nitrogens with two attached hydrogens (primary N) is 1. The quantitative estimate of drug-likeness (QED) is 0.628. The first-order chi connectivity index (χ1) is 5.67. The Morgan fingerprint density at radius 2 is 2.25 bits per heavy atom. The zero-order valence-electron chi connectivity index (χ0n) is 8.40. The molecule has 1 unspecified atom stereocenters. The van der Waals surface area contributed by atoms with Gasteiger partial charge >= 0.3 is 0 Å². The smallest absolute Gasteiger partial charge is 0.0118 e. The summed E-state index contributed by atoms with van der Waals surface area (Å²) in [4.78, 5) is 0. The summed E-state index contributed by atoms with van der Waals surface area (Å²) in [5, 5.41) is 3.59. The van der Waals surface area contributed by atoms with E-state index in [9.17, 15) is 0 Å². The standard InChI is InChI=1S/C10H22N2/c1-10(2)6-3-5-9(10)12-8-4-7-11/h9,12H,3-8,11H2,1-2H3. The second-order valence-electron chi connectivity index (χ2n) is 4.53. The summed E-state index contributed by atoms with van der Waals surface area (Å²) in [6, 6.07) is 0.726. The van der Waals surface area contributed by atoms with Crippen molar-refractivity contribution in [3.63, 3.8) is 0 Å². The van der Waals surface area contributed by atoms with Crippen molar-refractivity contribution < 1.29 is 0 Å². The molecule has 12 heavy (non-hydrogen) atoms. The summed E-state index contributed by atoms with van der Waals surface area (Å²) >= 11 is 0. The van der Waals surface area contributed by atoms with Crippen LogP contribution in [0.15, 0.2) is 0 Å². The molecule has 0 bridgehead atoms. The van der Waals surface area contributed by atoms with Crippen LogP contribution in [-0.2, 0) is 0 Å². The Morgan fingerprint density at radius 3 is 2.75 bits per heavy atom. The van der Waals surface area contributed by atoms with Crippen LogP contribution in [0.2, 0.25) is 0 Å². The van der Waals surface area contributed by atoms with Gasteiger partial charge in [-0.25, -0.2) is 0 Å². The number of hydrogen-bond donors (Lipinski definition) is 2. The fourth-order valence-corrected chi connectivity index (χ4v) is 2.08. The Hall–Kier alpha value is -0.0800. The van der Waals surface area contributed by atoms with Gasteiger partial charge in [0.25, 0.3) is 0 Å². The summed E-state index contributed by atoms with van der Waals surface area (Å²) in [6.45, 7) is 6.62. The predicted octanol–water partition coefficient (Wildman–Crippen LogP) is 1.50. The highest BCUT2D eigenvalue weighted by atomic mass is 14.9. The Balaban J connectivity index is 2.22. The molecule has 0 aliphatic heterocycles. The summed E-state index contributed by atoms with van der Waals surface area (Å²) in [5.41, 5.74) is 5.95. The first-order valence-electron chi connectivity index (χ1n) is 5.10. The van der Waals surface area contributed by atoms with E-state index in [1.807, 2.05) is 0 Å². The van der Waals surface area contributed by atoms with Crippen molar-refractivity contribution in [2.24, 2.45) is 11.1 Å². The van der Waals surface area contributed by atoms with Gasteiger partial charge in [0, 0.05) is 6.04 Å². The van der Waals surface area contributed by atoms with E-state index in [1.165, 1.54) is 19.3 Å². The lowest BCUT2D eigenvalue weighted by Gasteiger charge is -2.27. The van der Waals surface area contributed by atoms with Crippen LogP contribution in [0.25, 0.3) is 0 Å². The lowest BCUT2D eigenvalue weighted by molar-refractivity contribution is 0.284. The van der Waals surface area contributed by atoms with E-state index >= 15 is 0 Å². The van der Waals surface area contributed by atoms with Gasteiger partial charge in [0.15, 0.2) is 0 Å². The highest BCUT2D eigenvalue weighted by molar-refractivity contribution is 4.89. The summed E-state index contributed by atoms with van der Waals surface area (Å²) in [7, 11) is 0. The van der Waals surface area contributed by atoms with Crippen molar-refractivity contribution in [1.29, 1.82) is 0 Å². The highest BCUT2D eigenvalue weighted by Crippen LogP contribution is 2.36. The third-order valence-corrected chi connectivity index (χ3v) is 3.03. The van der Waals surface area contributed by atoms with Crippen LogP contribution in [0.4, 0.5) is 0 Å². The Labute approximate surface area is 75.9 Å². The third kappa shape index (κ3) is 2.46. The second kappa shape index (κ2) is 4.24. The first kappa shape index (κ1) is 10.0. The van der Waals surface area contributed by atoms with Crippen LogP contribution < -0.4 is 11.1 Å². The molecule has 0 saturated heterocycles. The topological polar surface area (TPSA) is 38.0 Å². The van der Waals surface area contributed by atoms with Crippen molar-refractivity contribution in [3.05, 3.63) is 0 Å². The monoisotopic (exact) mass is 170 g/mol. The zero-order chi connectivity index (χ0) is 9.03. The van der Waals surface area contributed by atoms with Gasteiger partial charge in [-0.1, -0.05) is 20.3 Å². The largest absolute Gasteiger partial charge is 0.330 e. The van der Waals surface area contributed by atoms with Gasteiger partial charge in [-0.2, -0.15) is 0 Å². The summed E-state index contributed by atoms with van der Waals surface area (Å²) < 4.78 is 0. The lowest BCUT2D eigenvalue weighted by atomic mass is 9.87. The van der Waals surface area contributed by atoms with E-state index < -0.39 is 0 Å². The van der Waals surface area contributed by atoms with Crippen LogP contribution >= 0.6 is 0 Å². The van der Waals surface area contributed by atoms with E-state index in [-0.39, 0.29) is 0 Å². The predicted molar refractivity (Wildman–Crippen MR) is 53.1 cm³/mol. The number of rotatable bonds is 4. The van der Waals surface area contributed by atoms with Crippen LogP contribution in [0, 0.1) is 5.41 Å². The van der Waals surface area contributed by atoms with Crippen molar-refractivity contribution in [2.45, 2.75) is 45.6 Å². The maximum atomic E-state index is 5.44. The number of hydrogen-bond acceptors (Lipinski definition) is 2. The molecule has 0 aromatic rings. The minimum absolute atomic E-state index is 0.509. The minimum Gasteiger partial charge on any atom is -0.330 e. The molecule has 1 fully saturated rings. The zero-order valence-corrected chi connectivity index (χ0v) is 8.40. The summed E-state index contributed by atoms with van der Waals surface area (Å²) in [5.74, 6) is 0. The average molecular weight is 170 g/mol. The van der Waals surface area contributed by atoms with Crippen LogP contribution in [0.3, 0.4) is 0 Å². The molecule has 2 heteroatoms. The lowest BCUT2D eigenvalue weighted by Crippen LogP contribution is -2.38. The SMILES string of the molecule is CC1(C)CCCC1NCCCN. The van der Waals surface area contributed by atoms with Gasteiger partial charge in [0.1, 0.15) is 0 Å². The number of nitrogens with one attached hydrogen (secondary N) is 1. The van der Waals surface area contributed by atoms with Gasteiger partial charge in [-0.3, -0.25) is 0 Å². The molecular weight excluding hydrogens is 148 g/mol. The van der Waals surface area contributed by atoms with E-state index in [1.54, 1.807) is 0 Å². The molecule has 72 valence electrons. The van der Waals surface area contributed by atoms with Gasteiger partial charge in [-0.15, -0.1) is 0 Å². The maximum absolute atomic E-state index is 5.44. The van der Waals surface area contributed by atoms with Crippen LogP contribution in [0.1, 0.15) is 39.5 Å². The molecule has 1 saturated carbocycles. The fraction of sp³-hybridized carbons (Fsp3) is 1.00. The molecule has 1 aliphatic rings. The Bertz CT molecular complexity index is 132. The molecule has 1 aliphatic carbocycles. The Morgan fingerprint density at radius 1 is 1.50 bits per heavy atom. The average Bonchev–Trinajstić information content (AvgIpc) is 2.32. The molecule has 0 amide bonds. The van der Waals surface area contributed by atoms with Gasteiger partial charge in [-0.05, 0) is 37.8 Å². The fourth-order valence-electron chi connectivity index (χ4n) is 2.08. The molecular formula is C10H22N2. The van der Waals surface area contributed by atoms with Crippen molar-refractivity contribution >= 4 is 0 Å². The molecule has 2 nitrogen and oxygen atoms in total. The van der Waals surface area contributed by atoms with Crippen LogP contribution in [-0.4, -0.2) is 19.1 Å². The summed E-state index contributed by atoms with van der Waals surface area (Å²) in [6.07, 6.45) is 5.20. The molecule has 0 heterocycles. The van der Waals surface area contributed by atoms with Crippen molar-refractivity contribution in [3.8, 4) is 0 Å². The van der Waals surface area contributed by atoms with E-state index in [4.69, 9.17) is 5.73 Å². The van der Waals surface area contributed by atoms with E-state index in [2.05, 4.69) is 19.2 Å².